The Labute approximate surface area is 185 Å². The molecule has 0 N–H and O–H groups in total. The van der Waals surface area contributed by atoms with Gasteiger partial charge in [-0.2, -0.15) is 4.57 Å². The van der Waals surface area contributed by atoms with Gasteiger partial charge in [-0.15, -0.1) is 0 Å². The molecule has 1 atom stereocenters. The molecule has 2 nitrogen and oxygen atoms in total. The minimum atomic E-state index is -0.150. The quantitative estimate of drug-likeness (QED) is 0.272. The fraction of sp³-hybridized carbons (Fsp3) is 0.222. The number of imidazole rings is 1. The molecule has 1 aliphatic heterocycles. The van der Waals surface area contributed by atoms with Crippen LogP contribution in [0.15, 0.2) is 67.0 Å². The summed E-state index contributed by atoms with van der Waals surface area (Å²) in [4.78, 5) is 0. The van der Waals surface area contributed by atoms with E-state index in [1.807, 2.05) is 6.92 Å². The number of hydrogen-bond acceptors (Lipinski definition) is 0. The van der Waals surface area contributed by atoms with Crippen molar-refractivity contribution >= 4 is 13.9 Å². The molecule has 4 aromatic rings. The van der Waals surface area contributed by atoms with Crippen molar-refractivity contribution in [2.24, 2.45) is 7.05 Å². The Morgan fingerprint density at radius 2 is 1.84 bits per heavy atom. The van der Waals surface area contributed by atoms with Gasteiger partial charge in [-0.3, -0.25) is 0 Å². The minimum absolute atomic E-state index is 0.150. The van der Waals surface area contributed by atoms with Crippen LogP contribution in [0.1, 0.15) is 36.5 Å². The summed E-state index contributed by atoms with van der Waals surface area (Å²) in [5, 5.41) is 1.34. The van der Waals surface area contributed by atoms with Crippen molar-refractivity contribution in [1.82, 2.24) is 4.57 Å². The first-order valence-corrected chi connectivity index (χ1v) is 12.0. The number of fused-ring (bicyclic) bond motifs is 5. The Kier molecular flexibility index (Phi) is 5.02. The Morgan fingerprint density at radius 3 is 2.58 bits per heavy atom. The molecule has 1 aliphatic rings. The average molecular weight is 429 g/mol. The van der Waals surface area contributed by atoms with Gasteiger partial charge in [0.1, 0.15) is 23.9 Å². The topological polar surface area (TPSA) is 8.81 Å². The maximum Gasteiger partial charge on any atom is 0.294 e. The molecule has 0 amide bonds. The molecule has 2 heterocycles. The highest BCUT2D eigenvalue weighted by Gasteiger charge is 2.30. The second-order valence-electron chi connectivity index (χ2n) is 8.70. The molecule has 5 rings (SSSR count). The van der Waals surface area contributed by atoms with Gasteiger partial charge in [0, 0.05) is 10.9 Å². The normalized spacial score (nSPS) is 13.5. The SMILES string of the molecule is Cc1cc(F)cc2c1-c1n(cc[n+]1C)-c1c(cc(C(C)C)cc1-c1ccccc1)PC2. The van der Waals surface area contributed by atoms with Crippen molar-refractivity contribution in [2.45, 2.75) is 32.9 Å². The second kappa shape index (κ2) is 7.73. The van der Waals surface area contributed by atoms with Crippen LogP contribution >= 0.6 is 8.58 Å². The third-order valence-corrected chi connectivity index (χ3v) is 7.52. The Morgan fingerprint density at radius 1 is 1.06 bits per heavy atom. The highest BCUT2D eigenvalue weighted by atomic mass is 31.1. The number of aryl methyl sites for hydroxylation is 2. The summed E-state index contributed by atoms with van der Waals surface area (Å²) in [5.74, 6) is 1.39. The number of benzene rings is 3. The highest BCUT2D eigenvalue weighted by Crippen LogP contribution is 2.40. The molecule has 0 bridgehead atoms. The predicted molar refractivity (Wildman–Crippen MR) is 128 cm³/mol. The summed E-state index contributed by atoms with van der Waals surface area (Å²) in [7, 11) is 2.65. The molecule has 1 aromatic heterocycles. The third kappa shape index (κ3) is 3.42. The number of aromatic nitrogens is 2. The largest absolute Gasteiger partial charge is 0.294 e. The van der Waals surface area contributed by atoms with Crippen LogP contribution in [0.25, 0.3) is 28.2 Å². The zero-order valence-electron chi connectivity index (χ0n) is 18.4. The molecular formula is C27H27FN2P+. The zero-order chi connectivity index (χ0) is 21.7. The van der Waals surface area contributed by atoms with E-state index in [0.29, 0.717) is 14.5 Å². The standard InChI is InChI=1S/C27H27FN2P/c1-17(2)20-14-23(19-8-6-5-7-9-19)26-24(15-20)31-16-21-13-22(28)12-18(3)25(21)27-29(4)10-11-30(26)27/h5-15,17,31H,16H2,1-4H3/q+1. The van der Waals surface area contributed by atoms with E-state index >= 15 is 0 Å². The van der Waals surface area contributed by atoms with Crippen molar-refractivity contribution in [1.29, 1.82) is 0 Å². The minimum Gasteiger partial charge on any atom is -0.232 e. The lowest BCUT2D eigenvalue weighted by molar-refractivity contribution is -0.659. The van der Waals surface area contributed by atoms with Gasteiger partial charge in [0.05, 0.1) is 12.6 Å². The maximum atomic E-state index is 14.3. The van der Waals surface area contributed by atoms with Gasteiger partial charge in [-0.1, -0.05) is 52.8 Å². The van der Waals surface area contributed by atoms with Crippen LogP contribution in [0.5, 0.6) is 0 Å². The van der Waals surface area contributed by atoms with Gasteiger partial charge < -0.3 is 0 Å². The third-order valence-electron chi connectivity index (χ3n) is 6.20. The Bertz CT molecular complexity index is 1290. The van der Waals surface area contributed by atoms with Crippen molar-refractivity contribution in [3.8, 4) is 28.2 Å². The summed E-state index contributed by atoms with van der Waals surface area (Å²) in [6.45, 7) is 6.51. The monoisotopic (exact) mass is 429 g/mol. The van der Waals surface area contributed by atoms with Gasteiger partial charge in [-0.05, 0) is 65.5 Å². The van der Waals surface area contributed by atoms with Crippen LogP contribution in [-0.4, -0.2) is 4.57 Å². The molecule has 31 heavy (non-hydrogen) atoms. The predicted octanol–water partition coefficient (Wildman–Crippen LogP) is 6.02. The summed E-state index contributed by atoms with van der Waals surface area (Å²) >= 11 is 0. The lowest BCUT2D eigenvalue weighted by Crippen LogP contribution is -2.31. The van der Waals surface area contributed by atoms with E-state index in [2.05, 4.69) is 84.9 Å². The Balaban J connectivity index is 1.88. The average Bonchev–Trinajstić information content (AvgIpc) is 3.10. The number of nitrogens with zero attached hydrogens (tertiary/aromatic N) is 2. The van der Waals surface area contributed by atoms with Gasteiger partial charge in [-0.25, -0.2) is 8.96 Å². The van der Waals surface area contributed by atoms with Crippen LogP contribution < -0.4 is 9.87 Å². The first-order chi connectivity index (χ1) is 14.9. The van der Waals surface area contributed by atoms with Crippen molar-refractivity contribution in [2.75, 3.05) is 0 Å². The summed E-state index contributed by atoms with van der Waals surface area (Å²) < 4.78 is 18.8. The number of hydrogen-bond donors (Lipinski definition) is 0. The van der Waals surface area contributed by atoms with Gasteiger partial charge in [0.2, 0.25) is 0 Å². The molecule has 156 valence electrons. The van der Waals surface area contributed by atoms with Crippen LogP contribution in [0.3, 0.4) is 0 Å². The van der Waals surface area contributed by atoms with E-state index in [1.165, 1.54) is 27.7 Å². The summed E-state index contributed by atoms with van der Waals surface area (Å²) in [6.07, 6.45) is 5.10. The molecule has 0 saturated carbocycles. The van der Waals surface area contributed by atoms with Crippen LogP contribution in [0.4, 0.5) is 4.39 Å². The van der Waals surface area contributed by atoms with Gasteiger partial charge >= 0.3 is 0 Å². The first kappa shape index (κ1) is 20.2. The first-order valence-electron chi connectivity index (χ1n) is 10.8. The van der Waals surface area contributed by atoms with E-state index < -0.39 is 0 Å². The molecule has 0 saturated heterocycles. The molecule has 4 heteroatoms. The summed E-state index contributed by atoms with van der Waals surface area (Å²) in [6, 6.07) is 18.8. The van der Waals surface area contributed by atoms with Crippen LogP contribution in [-0.2, 0) is 13.2 Å². The summed E-state index contributed by atoms with van der Waals surface area (Å²) in [5.41, 5.74) is 8.31. The second-order valence-corrected chi connectivity index (χ2v) is 9.94. The fourth-order valence-electron chi connectivity index (χ4n) is 4.64. The number of halogens is 1. The van der Waals surface area contributed by atoms with Crippen molar-refractivity contribution in [3.63, 3.8) is 0 Å². The van der Waals surface area contributed by atoms with Gasteiger partial charge in [0.15, 0.2) is 0 Å². The van der Waals surface area contributed by atoms with Crippen molar-refractivity contribution in [3.05, 3.63) is 89.5 Å². The fourth-order valence-corrected chi connectivity index (χ4v) is 5.99. The zero-order valence-corrected chi connectivity index (χ0v) is 19.4. The molecular weight excluding hydrogens is 402 g/mol. The van der Waals surface area contributed by atoms with E-state index in [-0.39, 0.29) is 5.82 Å². The van der Waals surface area contributed by atoms with E-state index in [4.69, 9.17) is 0 Å². The van der Waals surface area contributed by atoms with Crippen LogP contribution in [0.2, 0.25) is 0 Å². The Hall–Kier alpha value is -2.77. The van der Waals surface area contributed by atoms with E-state index in [1.54, 1.807) is 12.1 Å². The maximum absolute atomic E-state index is 14.3. The van der Waals surface area contributed by atoms with Gasteiger partial charge in [0.25, 0.3) is 5.82 Å². The van der Waals surface area contributed by atoms with E-state index in [9.17, 15) is 4.39 Å². The smallest absolute Gasteiger partial charge is 0.232 e. The molecule has 0 radical (unpaired) electrons. The highest BCUT2D eigenvalue weighted by molar-refractivity contribution is 7.46. The lowest BCUT2D eigenvalue weighted by atomic mass is 9.95. The molecule has 0 spiro atoms. The molecule has 1 unspecified atom stereocenters. The number of rotatable bonds is 2. The van der Waals surface area contributed by atoms with Crippen LogP contribution in [0, 0.1) is 12.7 Å². The van der Waals surface area contributed by atoms with Crippen molar-refractivity contribution < 1.29 is 8.96 Å². The molecule has 0 aliphatic carbocycles. The van der Waals surface area contributed by atoms with E-state index in [0.717, 1.165) is 28.7 Å². The molecule has 3 aromatic carbocycles. The lowest BCUT2D eigenvalue weighted by Gasteiger charge is -2.21. The molecule has 0 fully saturated rings.